The minimum atomic E-state index is -0.705. The maximum absolute atomic E-state index is 12.7. The van der Waals surface area contributed by atoms with Gasteiger partial charge in [-0.2, -0.15) is 5.26 Å². The number of rotatable bonds is 7. The topological polar surface area (TPSA) is 108 Å². The Morgan fingerprint density at radius 3 is 2.25 bits per heavy atom. The fourth-order valence-corrected chi connectivity index (χ4v) is 2.55. The number of carbonyl (C=O) groups is 2. The Balaban J connectivity index is 3.16. The van der Waals surface area contributed by atoms with Crippen molar-refractivity contribution in [2.24, 2.45) is 5.73 Å². The highest BCUT2D eigenvalue weighted by Crippen LogP contribution is 2.23. The van der Waals surface area contributed by atoms with Gasteiger partial charge in [-0.15, -0.1) is 0 Å². The number of benzene rings is 1. The molecule has 152 valence electrons. The van der Waals surface area contributed by atoms with Crippen molar-refractivity contribution in [2.75, 3.05) is 18.4 Å². The molecule has 0 aliphatic rings. The Morgan fingerprint density at radius 1 is 1.25 bits per heavy atom. The molecule has 0 spiro atoms. The van der Waals surface area contributed by atoms with Gasteiger partial charge < -0.3 is 15.8 Å². The number of hydrogen-bond acceptors (Lipinski definition) is 5. The van der Waals surface area contributed by atoms with E-state index >= 15 is 0 Å². The van der Waals surface area contributed by atoms with E-state index in [0.717, 1.165) is 28.9 Å². The number of ether oxygens (including phenoxy) is 1. The number of amides is 2. The summed E-state index contributed by atoms with van der Waals surface area (Å²) in [5.41, 5.74) is 7.33. The lowest BCUT2D eigenvalue weighted by Crippen LogP contribution is -2.37. The van der Waals surface area contributed by atoms with E-state index in [4.69, 9.17) is 10.5 Å². The van der Waals surface area contributed by atoms with Gasteiger partial charge >= 0.3 is 6.09 Å². The van der Waals surface area contributed by atoms with Gasteiger partial charge in [-0.1, -0.05) is 32.0 Å². The number of hydrogen-bond donors (Lipinski definition) is 2. The third-order valence-electron chi connectivity index (χ3n) is 3.89. The SMILES string of the molecule is CCc1cccc(CC)c1NC(=O)/C(C#N)=C\N(CCN)C(=O)OC(C)(C)C. The number of carbonyl (C=O) groups excluding carboxylic acids is 2. The molecule has 28 heavy (non-hydrogen) atoms. The quantitative estimate of drug-likeness (QED) is 0.552. The molecule has 0 fully saturated rings. The van der Waals surface area contributed by atoms with Crippen LogP contribution in [-0.2, 0) is 22.4 Å². The first-order chi connectivity index (χ1) is 13.2. The maximum Gasteiger partial charge on any atom is 0.414 e. The van der Waals surface area contributed by atoms with Gasteiger partial charge in [0.2, 0.25) is 0 Å². The number of nitrogens with two attached hydrogens (primary N) is 1. The normalized spacial score (nSPS) is 11.5. The highest BCUT2D eigenvalue weighted by atomic mass is 16.6. The molecular weight excluding hydrogens is 356 g/mol. The molecule has 7 nitrogen and oxygen atoms in total. The molecule has 7 heteroatoms. The average molecular weight is 386 g/mol. The molecule has 3 N–H and O–H groups in total. The first kappa shape index (κ1) is 23.2. The fourth-order valence-electron chi connectivity index (χ4n) is 2.55. The third kappa shape index (κ3) is 6.71. The number of nitrogens with zero attached hydrogens (tertiary/aromatic N) is 2. The van der Waals surface area contributed by atoms with Crippen molar-refractivity contribution in [2.45, 2.75) is 53.1 Å². The summed E-state index contributed by atoms with van der Waals surface area (Å²) in [5.74, 6) is -0.580. The molecule has 0 unspecified atom stereocenters. The van der Waals surface area contributed by atoms with Gasteiger partial charge in [0.15, 0.2) is 0 Å². The molecule has 0 saturated heterocycles. The predicted octanol–water partition coefficient (Wildman–Crippen LogP) is 3.35. The van der Waals surface area contributed by atoms with Crippen LogP contribution in [0.5, 0.6) is 0 Å². The Labute approximate surface area is 167 Å². The van der Waals surface area contributed by atoms with Gasteiger partial charge in [0, 0.05) is 25.0 Å². The lowest BCUT2D eigenvalue weighted by molar-refractivity contribution is -0.112. The van der Waals surface area contributed by atoms with E-state index in [1.807, 2.05) is 38.1 Å². The fraction of sp³-hybridized carbons (Fsp3) is 0.476. The van der Waals surface area contributed by atoms with Crippen LogP contribution < -0.4 is 11.1 Å². The molecule has 1 aromatic rings. The van der Waals surface area contributed by atoms with E-state index in [0.29, 0.717) is 5.69 Å². The van der Waals surface area contributed by atoms with Gasteiger partial charge in [0.1, 0.15) is 17.2 Å². The Bertz CT molecular complexity index is 751. The highest BCUT2D eigenvalue weighted by Gasteiger charge is 2.22. The Hall–Kier alpha value is -2.85. The zero-order valence-corrected chi connectivity index (χ0v) is 17.3. The second-order valence-corrected chi connectivity index (χ2v) is 7.23. The van der Waals surface area contributed by atoms with Crippen LogP contribution in [0.2, 0.25) is 0 Å². The largest absolute Gasteiger partial charge is 0.443 e. The summed E-state index contributed by atoms with van der Waals surface area (Å²) in [7, 11) is 0. The first-order valence-electron chi connectivity index (χ1n) is 9.40. The second kappa shape index (κ2) is 10.5. The predicted molar refractivity (Wildman–Crippen MR) is 110 cm³/mol. The van der Waals surface area contributed by atoms with E-state index in [1.54, 1.807) is 20.8 Å². The van der Waals surface area contributed by atoms with Crippen LogP contribution in [0.1, 0.15) is 45.7 Å². The van der Waals surface area contributed by atoms with Crippen LogP contribution in [0.4, 0.5) is 10.5 Å². The molecule has 0 saturated carbocycles. The maximum atomic E-state index is 12.7. The van der Waals surface area contributed by atoms with Crippen LogP contribution in [0.3, 0.4) is 0 Å². The van der Waals surface area contributed by atoms with E-state index in [1.165, 1.54) is 6.20 Å². The van der Waals surface area contributed by atoms with Crippen LogP contribution >= 0.6 is 0 Å². The highest BCUT2D eigenvalue weighted by molar-refractivity contribution is 6.07. The van der Waals surface area contributed by atoms with E-state index in [9.17, 15) is 14.9 Å². The number of para-hydroxylation sites is 1. The summed E-state index contributed by atoms with van der Waals surface area (Å²) in [6, 6.07) is 7.68. The van der Waals surface area contributed by atoms with E-state index in [-0.39, 0.29) is 18.7 Å². The monoisotopic (exact) mass is 386 g/mol. The number of aryl methyl sites for hydroxylation is 2. The summed E-state index contributed by atoms with van der Waals surface area (Å²) in [4.78, 5) is 26.2. The van der Waals surface area contributed by atoms with Crippen LogP contribution in [0.25, 0.3) is 0 Å². The molecule has 1 rings (SSSR count). The zero-order valence-electron chi connectivity index (χ0n) is 17.3. The van der Waals surface area contributed by atoms with Gasteiger partial charge in [0.05, 0.1) is 0 Å². The van der Waals surface area contributed by atoms with Gasteiger partial charge in [-0.25, -0.2) is 4.79 Å². The van der Waals surface area contributed by atoms with Gasteiger partial charge in [-0.05, 0) is 44.7 Å². The minimum Gasteiger partial charge on any atom is -0.443 e. The summed E-state index contributed by atoms with van der Waals surface area (Å²) >= 11 is 0. The third-order valence-corrected chi connectivity index (χ3v) is 3.89. The average Bonchev–Trinajstić information content (AvgIpc) is 2.63. The summed E-state index contributed by atoms with van der Waals surface area (Å²) in [5, 5.41) is 12.3. The molecule has 0 aromatic heterocycles. The molecule has 0 radical (unpaired) electrons. The smallest absolute Gasteiger partial charge is 0.414 e. The van der Waals surface area contributed by atoms with E-state index < -0.39 is 17.6 Å². The molecule has 1 aromatic carbocycles. The molecule has 0 atom stereocenters. The summed E-state index contributed by atoms with van der Waals surface area (Å²) in [6.45, 7) is 9.49. The molecule has 0 aliphatic heterocycles. The van der Waals surface area contributed by atoms with Gasteiger partial charge in [-0.3, -0.25) is 9.69 Å². The summed E-state index contributed by atoms with van der Waals surface area (Å²) < 4.78 is 5.31. The number of nitriles is 1. The van der Waals surface area contributed by atoms with Crippen molar-refractivity contribution in [3.05, 3.63) is 41.1 Å². The first-order valence-corrected chi connectivity index (χ1v) is 9.40. The van der Waals surface area contributed by atoms with Crippen molar-refractivity contribution >= 4 is 17.7 Å². The Kier molecular flexibility index (Phi) is 8.68. The second-order valence-electron chi connectivity index (χ2n) is 7.23. The molecule has 0 heterocycles. The zero-order chi connectivity index (χ0) is 21.3. The molecular formula is C21H30N4O3. The van der Waals surface area contributed by atoms with E-state index in [2.05, 4.69) is 5.32 Å². The number of anilines is 1. The van der Waals surface area contributed by atoms with Crippen molar-refractivity contribution in [3.8, 4) is 6.07 Å². The Morgan fingerprint density at radius 2 is 1.82 bits per heavy atom. The summed E-state index contributed by atoms with van der Waals surface area (Å²) in [6.07, 6.45) is 2.01. The van der Waals surface area contributed by atoms with Crippen molar-refractivity contribution in [3.63, 3.8) is 0 Å². The molecule has 0 bridgehead atoms. The number of nitrogens with one attached hydrogen (secondary N) is 1. The van der Waals surface area contributed by atoms with Gasteiger partial charge in [0.25, 0.3) is 5.91 Å². The van der Waals surface area contributed by atoms with Crippen LogP contribution in [0, 0.1) is 11.3 Å². The lowest BCUT2D eigenvalue weighted by atomic mass is 10.0. The molecule has 2 amide bonds. The van der Waals surface area contributed by atoms with Crippen molar-refractivity contribution in [1.82, 2.24) is 4.90 Å². The molecule has 0 aliphatic carbocycles. The minimum absolute atomic E-state index is 0.124. The van der Waals surface area contributed by atoms with Crippen molar-refractivity contribution in [1.29, 1.82) is 5.26 Å². The lowest BCUT2D eigenvalue weighted by Gasteiger charge is -2.25. The van der Waals surface area contributed by atoms with Crippen molar-refractivity contribution < 1.29 is 14.3 Å². The van der Waals surface area contributed by atoms with Crippen LogP contribution in [0.15, 0.2) is 30.0 Å². The standard InChI is InChI=1S/C21H30N4O3/c1-6-15-9-8-10-16(7-2)18(15)24-19(26)17(13-23)14-25(12-11-22)20(27)28-21(3,4)5/h8-10,14H,6-7,11-12,22H2,1-5H3,(H,24,26)/b17-14-. The van der Waals surface area contributed by atoms with Crippen LogP contribution in [-0.4, -0.2) is 35.6 Å².